The Morgan fingerprint density at radius 2 is 1.97 bits per heavy atom. The molecule has 0 spiro atoms. The minimum absolute atomic E-state index is 0.0201. The van der Waals surface area contributed by atoms with Crippen LogP contribution in [0.5, 0.6) is 11.5 Å². The van der Waals surface area contributed by atoms with Gasteiger partial charge in [-0.2, -0.15) is 0 Å². The molecule has 0 radical (unpaired) electrons. The van der Waals surface area contributed by atoms with E-state index in [1.807, 2.05) is 60.8 Å². The van der Waals surface area contributed by atoms with E-state index < -0.39 is 0 Å². The third kappa shape index (κ3) is 5.83. The minimum Gasteiger partial charge on any atom is -0.486 e. The molecule has 1 N–H and O–H groups in total. The molecule has 1 aromatic heterocycles. The Labute approximate surface area is 186 Å². The molecule has 1 atom stereocenters. The number of amides is 1. The van der Waals surface area contributed by atoms with Gasteiger partial charge in [0.1, 0.15) is 17.7 Å². The van der Waals surface area contributed by atoms with Gasteiger partial charge < -0.3 is 14.8 Å². The number of aryl methyl sites for hydroxylation is 1. The molecule has 0 aliphatic carbocycles. The average Bonchev–Trinajstić information content (AvgIpc) is 3.21. The number of likely N-dealkylation sites (N-methyl/N-ethyl adjacent to an activating group) is 1. The van der Waals surface area contributed by atoms with Crippen molar-refractivity contribution in [3.63, 3.8) is 0 Å². The number of aromatic nitrogens is 1. The number of carbonyl (C=O) groups excluding carboxylic acids is 1. The van der Waals surface area contributed by atoms with Crippen LogP contribution in [0.4, 0.5) is 5.69 Å². The summed E-state index contributed by atoms with van der Waals surface area (Å²) in [7, 11) is 0. The predicted molar refractivity (Wildman–Crippen MR) is 123 cm³/mol. The maximum atomic E-state index is 12.3. The first kappa shape index (κ1) is 21.3. The Kier molecular flexibility index (Phi) is 6.84. The van der Waals surface area contributed by atoms with Gasteiger partial charge >= 0.3 is 0 Å². The summed E-state index contributed by atoms with van der Waals surface area (Å²) in [5.74, 6) is 1.55. The van der Waals surface area contributed by atoms with Crippen molar-refractivity contribution in [1.29, 1.82) is 0 Å². The number of ether oxygens (including phenoxy) is 2. The van der Waals surface area contributed by atoms with Gasteiger partial charge in [-0.3, -0.25) is 9.69 Å². The average molecular weight is 438 g/mol. The first-order valence-electron chi connectivity index (χ1n) is 10.5. The minimum atomic E-state index is -0.0523. The third-order valence-electron chi connectivity index (χ3n) is 5.11. The molecule has 3 aromatic rings. The number of thiazole rings is 1. The van der Waals surface area contributed by atoms with Gasteiger partial charge in [0, 0.05) is 24.2 Å². The molecule has 4 rings (SSSR count). The summed E-state index contributed by atoms with van der Waals surface area (Å²) in [6.45, 7) is 7.03. The SMILES string of the molecule is CCN(Cc1csc(CC(=O)Nc2ccc(C)cc2)n1)CC1COc2ccccc2O1. The van der Waals surface area contributed by atoms with Crippen LogP contribution in [-0.2, 0) is 17.8 Å². The van der Waals surface area contributed by atoms with E-state index >= 15 is 0 Å². The van der Waals surface area contributed by atoms with Gasteiger partial charge in [-0.05, 0) is 37.7 Å². The largest absolute Gasteiger partial charge is 0.486 e. The lowest BCUT2D eigenvalue weighted by molar-refractivity contribution is -0.115. The summed E-state index contributed by atoms with van der Waals surface area (Å²) in [5, 5.41) is 5.78. The number of hydrogen-bond acceptors (Lipinski definition) is 6. The van der Waals surface area contributed by atoms with Crippen molar-refractivity contribution in [1.82, 2.24) is 9.88 Å². The summed E-state index contributed by atoms with van der Waals surface area (Å²) in [6, 6.07) is 15.5. The van der Waals surface area contributed by atoms with Crippen molar-refractivity contribution in [2.45, 2.75) is 32.9 Å². The highest BCUT2D eigenvalue weighted by Gasteiger charge is 2.23. The Morgan fingerprint density at radius 1 is 1.19 bits per heavy atom. The fraction of sp³-hybridized carbons (Fsp3) is 0.333. The molecular formula is C24H27N3O3S. The highest BCUT2D eigenvalue weighted by molar-refractivity contribution is 7.09. The third-order valence-corrected chi connectivity index (χ3v) is 6.01. The number of nitrogens with zero attached hydrogens (tertiary/aromatic N) is 2. The molecule has 0 fully saturated rings. The number of fused-ring (bicyclic) bond motifs is 1. The van der Waals surface area contributed by atoms with Crippen LogP contribution in [0.25, 0.3) is 0 Å². The van der Waals surface area contributed by atoms with Crippen LogP contribution < -0.4 is 14.8 Å². The van der Waals surface area contributed by atoms with E-state index in [0.717, 1.165) is 46.5 Å². The van der Waals surface area contributed by atoms with E-state index in [2.05, 4.69) is 22.1 Å². The fourth-order valence-electron chi connectivity index (χ4n) is 3.46. The molecule has 1 amide bonds. The van der Waals surface area contributed by atoms with Crippen molar-refractivity contribution in [2.75, 3.05) is 25.0 Å². The van der Waals surface area contributed by atoms with Crippen LogP contribution in [0.3, 0.4) is 0 Å². The zero-order valence-electron chi connectivity index (χ0n) is 17.8. The topological polar surface area (TPSA) is 63.7 Å². The molecule has 1 unspecified atom stereocenters. The highest BCUT2D eigenvalue weighted by Crippen LogP contribution is 2.31. The molecule has 162 valence electrons. The van der Waals surface area contributed by atoms with Crippen LogP contribution in [0.15, 0.2) is 53.9 Å². The van der Waals surface area contributed by atoms with E-state index in [-0.39, 0.29) is 18.4 Å². The van der Waals surface area contributed by atoms with Crippen molar-refractivity contribution < 1.29 is 14.3 Å². The lowest BCUT2D eigenvalue weighted by atomic mass is 10.2. The van der Waals surface area contributed by atoms with Crippen LogP contribution in [0.2, 0.25) is 0 Å². The Morgan fingerprint density at radius 3 is 2.74 bits per heavy atom. The van der Waals surface area contributed by atoms with Crippen molar-refractivity contribution in [2.24, 2.45) is 0 Å². The van der Waals surface area contributed by atoms with E-state index in [4.69, 9.17) is 9.47 Å². The Hall–Kier alpha value is -2.90. The summed E-state index contributed by atoms with van der Waals surface area (Å²) < 4.78 is 11.9. The summed E-state index contributed by atoms with van der Waals surface area (Å²) in [5.41, 5.74) is 2.94. The van der Waals surface area contributed by atoms with E-state index in [9.17, 15) is 4.79 Å². The second kappa shape index (κ2) is 9.94. The van der Waals surface area contributed by atoms with Gasteiger partial charge in [-0.15, -0.1) is 11.3 Å². The number of hydrogen-bond donors (Lipinski definition) is 1. The van der Waals surface area contributed by atoms with Crippen molar-refractivity contribution in [3.8, 4) is 11.5 Å². The smallest absolute Gasteiger partial charge is 0.231 e. The molecule has 0 bridgehead atoms. The molecule has 2 heterocycles. The maximum Gasteiger partial charge on any atom is 0.231 e. The van der Waals surface area contributed by atoms with Crippen LogP contribution in [-0.4, -0.2) is 41.6 Å². The molecule has 1 aliphatic heterocycles. The maximum absolute atomic E-state index is 12.3. The summed E-state index contributed by atoms with van der Waals surface area (Å²) in [4.78, 5) is 19.3. The van der Waals surface area contributed by atoms with Gasteiger partial charge in [0.25, 0.3) is 0 Å². The fourth-order valence-corrected chi connectivity index (χ4v) is 4.24. The van der Waals surface area contributed by atoms with Crippen molar-refractivity contribution in [3.05, 3.63) is 70.2 Å². The Balaban J connectivity index is 1.29. The van der Waals surface area contributed by atoms with Crippen molar-refractivity contribution >= 4 is 22.9 Å². The van der Waals surface area contributed by atoms with Crippen LogP contribution in [0.1, 0.15) is 23.2 Å². The second-order valence-electron chi connectivity index (χ2n) is 7.65. The molecule has 6 nitrogen and oxygen atoms in total. The van der Waals surface area contributed by atoms with E-state index in [0.29, 0.717) is 13.2 Å². The van der Waals surface area contributed by atoms with Crippen LogP contribution in [0, 0.1) is 6.92 Å². The summed E-state index contributed by atoms with van der Waals surface area (Å²) >= 11 is 1.53. The van der Waals surface area contributed by atoms with Gasteiger partial charge in [0.15, 0.2) is 11.5 Å². The molecular weight excluding hydrogens is 410 g/mol. The predicted octanol–water partition coefficient (Wildman–Crippen LogP) is 4.29. The number of anilines is 1. The zero-order chi connectivity index (χ0) is 21.6. The van der Waals surface area contributed by atoms with Gasteiger partial charge in [0.2, 0.25) is 5.91 Å². The Bertz CT molecular complexity index is 1020. The number of benzene rings is 2. The molecule has 0 saturated heterocycles. The first-order valence-corrected chi connectivity index (χ1v) is 11.4. The second-order valence-corrected chi connectivity index (χ2v) is 8.59. The lowest BCUT2D eigenvalue weighted by Crippen LogP contribution is -2.40. The van der Waals surface area contributed by atoms with Gasteiger partial charge in [0.05, 0.1) is 12.1 Å². The lowest BCUT2D eigenvalue weighted by Gasteiger charge is -2.30. The van der Waals surface area contributed by atoms with Gasteiger partial charge in [-0.25, -0.2) is 4.98 Å². The number of rotatable bonds is 8. The molecule has 1 aliphatic rings. The highest BCUT2D eigenvalue weighted by atomic mass is 32.1. The monoisotopic (exact) mass is 437 g/mol. The zero-order valence-corrected chi connectivity index (χ0v) is 18.7. The number of carbonyl (C=O) groups is 1. The molecule has 2 aromatic carbocycles. The molecule has 7 heteroatoms. The molecule has 31 heavy (non-hydrogen) atoms. The van der Waals surface area contributed by atoms with E-state index in [1.54, 1.807) is 0 Å². The van der Waals surface area contributed by atoms with Gasteiger partial charge in [-0.1, -0.05) is 36.8 Å². The normalized spacial score (nSPS) is 15.1. The van der Waals surface area contributed by atoms with E-state index in [1.165, 1.54) is 11.3 Å². The number of nitrogens with one attached hydrogen (secondary N) is 1. The number of para-hydroxylation sites is 2. The summed E-state index contributed by atoms with van der Waals surface area (Å²) in [6.07, 6.45) is 0.259. The standard InChI is InChI=1S/C24H27N3O3S/c1-3-27(14-20-15-29-21-6-4-5-7-22(21)30-20)13-19-16-31-24(26-19)12-23(28)25-18-10-8-17(2)9-11-18/h4-11,16,20H,3,12-15H2,1-2H3,(H,25,28). The first-order chi connectivity index (χ1) is 15.1. The van der Waals surface area contributed by atoms with Crippen LogP contribution >= 0.6 is 11.3 Å². The molecule has 0 saturated carbocycles. The quantitative estimate of drug-likeness (QED) is 0.569.